The molecule has 0 aliphatic rings. The molecule has 2 amide bonds. The maximum Gasteiger partial charge on any atom is 0.261 e. The van der Waals surface area contributed by atoms with Crippen LogP contribution in [0.15, 0.2) is 48.5 Å². The Morgan fingerprint density at radius 2 is 1.64 bits per heavy atom. The molecule has 2 rings (SSSR count). The van der Waals surface area contributed by atoms with Gasteiger partial charge in [0, 0.05) is 18.1 Å². The Balaban J connectivity index is 2.17. The summed E-state index contributed by atoms with van der Waals surface area (Å²) in [5.74, 6) is 0.561. The number of rotatable bonds is 10. The zero-order valence-electron chi connectivity index (χ0n) is 20.7. The predicted octanol–water partition coefficient (Wildman–Crippen LogP) is 5.60. The fourth-order valence-corrected chi connectivity index (χ4v) is 3.53. The second kappa shape index (κ2) is 12.1. The van der Waals surface area contributed by atoms with Crippen molar-refractivity contribution in [2.75, 3.05) is 13.2 Å². The highest BCUT2D eigenvalue weighted by atomic mass is 35.5. The molecule has 6 heteroatoms. The summed E-state index contributed by atoms with van der Waals surface area (Å²) in [6.07, 6.45) is 0.504. The zero-order valence-corrected chi connectivity index (χ0v) is 21.4. The lowest BCUT2D eigenvalue weighted by molar-refractivity contribution is -0.143. The molecule has 2 aromatic carbocycles. The number of amides is 2. The topological polar surface area (TPSA) is 58.6 Å². The fraction of sp³-hybridized carbons (Fsp3) is 0.481. The SMILES string of the molecule is CCC(C(=O)NCC(C)C)N(Cc1ccc(Cl)cc1)C(=O)COc1ccc(C(C)(C)C)cc1. The van der Waals surface area contributed by atoms with Gasteiger partial charge >= 0.3 is 0 Å². The minimum Gasteiger partial charge on any atom is -0.484 e. The minimum atomic E-state index is -0.584. The van der Waals surface area contributed by atoms with E-state index < -0.39 is 6.04 Å². The molecule has 2 aromatic rings. The molecular formula is C27H37ClN2O3. The zero-order chi connectivity index (χ0) is 24.6. The summed E-state index contributed by atoms with van der Waals surface area (Å²) < 4.78 is 5.80. The Labute approximate surface area is 203 Å². The first-order valence-electron chi connectivity index (χ1n) is 11.6. The lowest BCUT2D eigenvalue weighted by Gasteiger charge is -2.31. The van der Waals surface area contributed by atoms with Crippen LogP contribution in [0.25, 0.3) is 0 Å². The average molecular weight is 473 g/mol. The molecule has 1 unspecified atom stereocenters. The van der Waals surface area contributed by atoms with Crippen molar-refractivity contribution in [2.45, 2.75) is 66.0 Å². The highest BCUT2D eigenvalue weighted by Gasteiger charge is 2.29. The first-order chi connectivity index (χ1) is 15.5. The van der Waals surface area contributed by atoms with Crippen LogP contribution in [0.3, 0.4) is 0 Å². The van der Waals surface area contributed by atoms with Crippen molar-refractivity contribution < 1.29 is 14.3 Å². The highest BCUT2D eigenvalue weighted by molar-refractivity contribution is 6.30. The molecule has 0 heterocycles. The fourth-order valence-electron chi connectivity index (χ4n) is 3.41. The van der Waals surface area contributed by atoms with Crippen molar-refractivity contribution in [1.29, 1.82) is 0 Å². The van der Waals surface area contributed by atoms with Crippen LogP contribution < -0.4 is 10.1 Å². The van der Waals surface area contributed by atoms with Crippen molar-refractivity contribution >= 4 is 23.4 Å². The van der Waals surface area contributed by atoms with E-state index in [1.165, 1.54) is 5.56 Å². The van der Waals surface area contributed by atoms with Gasteiger partial charge in [-0.1, -0.05) is 77.4 Å². The summed E-state index contributed by atoms with van der Waals surface area (Å²) >= 11 is 6.01. The third-order valence-electron chi connectivity index (χ3n) is 5.42. The monoisotopic (exact) mass is 472 g/mol. The van der Waals surface area contributed by atoms with Crippen LogP contribution in [0.4, 0.5) is 0 Å². The summed E-state index contributed by atoms with van der Waals surface area (Å²) in [7, 11) is 0. The second-order valence-corrected chi connectivity index (χ2v) is 10.2. The van der Waals surface area contributed by atoms with Crippen LogP contribution in [0.2, 0.25) is 5.02 Å². The normalized spacial score (nSPS) is 12.4. The van der Waals surface area contributed by atoms with Crippen LogP contribution in [0, 0.1) is 5.92 Å². The van der Waals surface area contributed by atoms with Gasteiger partial charge < -0.3 is 15.0 Å². The Bertz CT molecular complexity index is 902. The molecule has 0 bridgehead atoms. The van der Waals surface area contributed by atoms with Crippen molar-refractivity contribution in [3.8, 4) is 5.75 Å². The van der Waals surface area contributed by atoms with Gasteiger partial charge in [-0.2, -0.15) is 0 Å². The van der Waals surface area contributed by atoms with E-state index in [0.29, 0.717) is 36.2 Å². The summed E-state index contributed by atoms with van der Waals surface area (Å²) in [5, 5.41) is 3.59. The van der Waals surface area contributed by atoms with E-state index in [-0.39, 0.29) is 23.8 Å². The van der Waals surface area contributed by atoms with Gasteiger partial charge in [-0.25, -0.2) is 0 Å². The van der Waals surface area contributed by atoms with Gasteiger partial charge in [0.15, 0.2) is 6.61 Å². The van der Waals surface area contributed by atoms with Crippen LogP contribution in [0.1, 0.15) is 59.1 Å². The summed E-state index contributed by atoms with van der Waals surface area (Å²) in [4.78, 5) is 27.8. The van der Waals surface area contributed by atoms with E-state index in [4.69, 9.17) is 16.3 Å². The van der Waals surface area contributed by atoms with E-state index in [1.54, 1.807) is 17.0 Å². The van der Waals surface area contributed by atoms with Crippen molar-refractivity contribution in [3.05, 3.63) is 64.7 Å². The van der Waals surface area contributed by atoms with Gasteiger partial charge in [0.05, 0.1) is 0 Å². The van der Waals surface area contributed by atoms with Crippen LogP contribution in [-0.4, -0.2) is 35.9 Å². The number of benzene rings is 2. The van der Waals surface area contributed by atoms with Crippen molar-refractivity contribution in [1.82, 2.24) is 10.2 Å². The molecule has 0 aliphatic heterocycles. The summed E-state index contributed by atoms with van der Waals surface area (Å²) in [6.45, 7) is 13.2. The Kier molecular flexibility index (Phi) is 9.78. The minimum absolute atomic E-state index is 0.0431. The molecule has 0 aliphatic carbocycles. The van der Waals surface area contributed by atoms with Gasteiger partial charge in [-0.05, 0) is 53.1 Å². The van der Waals surface area contributed by atoms with E-state index in [1.807, 2.05) is 57.2 Å². The van der Waals surface area contributed by atoms with Gasteiger partial charge in [0.2, 0.25) is 5.91 Å². The molecule has 0 fully saturated rings. The molecule has 5 nitrogen and oxygen atoms in total. The molecule has 0 aromatic heterocycles. The molecule has 0 saturated heterocycles. The largest absolute Gasteiger partial charge is 0.484 e. The van der Waals surface area contributed by atoms with E-state index in [0.717, 1.165) is 5.56 Å². The predicted molar refractivity (Wildman–Crippen MR) is 135 cm³/mol. The number of nitrogens with zero attached hydrogens (tertiary/aromatic N) is 1. The lowest BCUT2D eigenvalue weighted by atomic mass is 9.87. The molecule has 180 valence electrons. The number of halogens is 1. The number of carbonyl (C=O) groups is 2. The molecular weight excluding hydrogens is 436 g/mol. The molecule has 0 radical (unpaired) electrons. The third-order valence-corrected chi connectivity index (χ3v) is 5.67. The number of hydrogen-bond acceptors (Lipinski definition) is 3. The molecule has 33 heavy (non-hydrogen) atoms. The van der Waals surface area contributed by atoms with E-state index in [9.17, 15) is 9.59 Å². The van der Waals surface area contributed by atoms with Gasteiger partial charge in [0.25, 0.3) is 5.91 Å². The summed E-state index contributed by atoms with van der Waals surface area (Å²) in [5.41, 5.74) is 2.14. The Hall–Kier alpha value is -2.53. The smallest absolute Gasteiger partial charge is 0.261 e. The van der Waals surface area contributed by atoms with Gasteiger partial charge in [-0.3, -0.25) is 9.59 Å². The maximum atomic E-state index is 13.3. The number of ether oxygens (including phenoxy) is 1. The van der Waals surface area contributed by atoms with Crippen LogP contribution >= 0.6 is 11.6 Å². The first kappa shape index (κ1) is 26.7. The van der Waals surface area contributed by atoms with Gasteiger partial charge in [-0.15, -0.1) is 0 Å². The van der Waals surface area contributed by atoms with E-state index >= 15 is 0 Å². The highest BCUT2D eigenvalue weighted by Crippen LogP contribution is 2.24. The van der Waals surface area contributed by atoms with Crippen LogP contribution in [0.5, 0.6) is 5.75 Å². The van der Waals surface area contributed by atoms with Crippen LogP contribution in [-0.2, 0) is 21.5 Å². The standard InChI is InChI=1S/C27H37ClN2O3/c1-7-24(26(32)29-16-19(2)3)30(17-20-8-12-22(28)13-9-20)25(31)18-33-23-14-10-21(11-15-23)27(4,5)6/h8-15,19,24H,7,16-18H2,1-6H3,(H,29,32). The average Bonchev–Trinajstić information content (AvgIpc) is 2.76. The number of nitrogens with one attached hydrogen (secondary N) is 1. The number of hydrogen-bond donors (Lipinski definition) is 1. The van der Waals surface area contributed by atoms with Gasteiger partial charge in [0.1, 0.15) is 11.8 Å². The second-order valence-electron chi connectivity index (χ2n) is 9.77. The lowest BCUT2D eigenvalue weighted by Crippen LogP contribution is -2.50. The molecule has 0 spiro atoms. The summed E-state index contributed by atoms with van der Waals surface area (Å²) in [6, 6.07) is 14.5. The van der Waals surface area contributed by atoms with E-state index in [2.05, 4.69) is 26.1 Å². The Morgan fingerprint density at radius 3 is 2.15 bits per heavy atom. The third kappa shape index (κ3) is 8.39. The number of carbonyl (C=O) groups excluding carboxylic acids is 2. The molecule has 1 atom stereocenters. The van der Waals surface area contributed by atoms with Crippen molar-refractivity contribution in [3.63, 3.8) is 0 Å². The quantitative estimate of drug-likeness (QED) is 0.490. The van der Waals surface area contributed by atoms with Crippen molar-refractivity contribution in [2.24, 2.45) is 5.92 Å². The Morgan fingerprint density at radius 1 is 1.03 bits per heavy atom. The maximum absolute atomic E-state index is 13.3. The molecule has 1 N–H and O–H groups in total. The first-order valence-corrected chi connectivity index (χ1v) is 11.9. The molecule has 0 saturated carbocycles.